The Bertz CT molecular complexity index is 931. The summed E-state index contributed by atoms with van der Waals surface area (Å²) in [7, 11) is -2.97. The van der Waals surface area contributed by atoms with E-state index in [1.807, 2.05) is 18.2 Å². The Morgan fingerprint density at radius 3 is 2.27 bits per heavy atom. The van der Waals surface area contributed by atoms with E-state index < -0.39 is 22.7 Å². The molecule has 0 spiro atoms. The van der Waals surface area contributed by atoms with Crippen LogP contribution < -0.4 is 14.8 Å². The van der Waals surface area contributed by atoms with Crippen LogP contribution in [0, 0.1) is 0 Å². The Kier molecular flexibility index (Phi) is 8.82. The lowest BCUT2D eigenvalue weighted by Crippen LogP contribution is -2.40. The Hall–Kier alpha value is -2.91. The van der Waals surface area contributed by atoms with Gasteiger partial charge in [-0.2, -0.15) is 8.42 Å². The van der Waals surface area contributed by atoms with Crippen molar-refractivity contribution in [3.05, 3.63) is 65.7 Å². The summed E-state index contributed by atoms with van der Waals surface area (Å²) in [5.74, 6) is -0.767. The second kappa shape index (κ2) is 11.3. The Balaban J connectivity index is 1.80. The molecule has 1 amide bonds. The lowest BCUT2D eigenvalue weighted by Gasteiger charge is -2.20. The highest BCUT2D eigenvalue weighted by atomic mass is 32.2. The topological polar surface area (TPSA) is 119 Å². The van der Waals surface area contributed by atoms with Gasteiger partial charge in [0.05, 0.1) is 12.8 Å². The summed E-state index contributed by atoms with van der Waals surface area (Å²) in [6, 6.07) is 16.5. The first-order valence-electron chi connectivity index (χ1n) is 9.56. The highest BCUT2D eigenvalue weighted by Gasteiger charge is 2.21. The van der Waals surface area contributed by atoms with Crippen LogP contribution in [-0.4, -0.2) is 33.9 Å². The molecule has 0 bridgehead atoms. The number of rotatable bonds is 11. The number of hydrogen-bond donors (Lipinski definition) is 2. The van der Waals surface area contributed by atoms with Crippen LogP contribution in [0.5, 0.6) is 0 Å². The van der Waals surface area contributed by atoms with Gasteiger partial charge in [0.1, 0.15) is 6.54 Å². The molecular weight excluding hydrogens is 406 g/mol. The van der Waals surface area contributed by atoms with Gasteiger partial charge in [-0.1, -0.05) is 42.5 Å². The number of aryl methyl sites for hydroxylation is 1. The molecule has 0 radical (unpaired) electrons. The standard InChI is InChI=1S/C21H27N3O5S/c1-29-21(26)16-24(30(22,27)28)19-13-11-18(12-14-19)15-23-20(25)10-6-5-9-17-7-3-2-4-8-17/h2-4,7-8,11-14H,5-6,9-10,15-16H2,1H3,(H,23,25)(H2,22,27,28). The minimum atomic E-state index is -4.13. The molecule has 0 aliphatic heterocycles. The molecule has 0 saturated carbocycles. The first-order valence-corrected chi connectivity index (χ1v) is 11.1. The summed E-state index contributed by atoms with van der Waals surface area (Å²) in [6.07, 6.45) is 3.14. The normalized spacial score (nSPS) is 11.0. The van der Waals surface area contributed by atoms with E-state index in [9.17, 15) is 18.0 Å². The van der Waals surface area contributed by atoms with Gasteiger partial charge in [-0.25, -0.2) is 9.44 Å². The number of nitrogens with two attached hydrogens (primary N) is 1. The minimum Gasteiger partial charge on any atom is -0.468 e. The van der Waals surface area contributed by atoms with Gasteiger partial charge >= 0.3 is 5.97 Å². The number of carbonyl (C=O) groups excluding carboxylic acids is 2. The van der Waals surface area contributed by atoms with Crippen molar-refractivity contribution in [1.82, 2.24) is 5.32 Å². The van der Waals surface area contributed by atoms with E-state index in [1.165, 1.54) is 17.7 Å². The fourth-order valence-electron chi connectivity index (χ4n) is 2.84. The first-order chi connectivity index (χ1) is 14.3. The van der Waals surface area contributed by atoms with E-state index in [1.54, 1.807) is 12.1 Å². The number of nitrogens with zero attached hydrogens (tertiary/aromatic N) is 1. The smallest absolute Gasteiger partial charge is 0.326 e. The fourth-order valence-corrected chi connectivity index (χ4v) is 3.54. The van der Waals surface area contributed by atoms with Crippen LogP contribution in [0.25, 0.3) is 0 Å². The number of esters is 1. The highest BCUT2D eigenvalue weighted by molar-refractivity contribution is 7.90. The van der Waals surface area contributed by atoms with Crippen molar-refractivity contribution in [2.75, 3.05) is 18.0 Å². The number of carbonyl (C=O) groups is 2. The van der Waals surface area contributed by atoms with Crippen molar-refractivity contribution in [2.24, 2.45) is 5.14 Å². The van der Waals surface area contributed by atoms with Crippen LogP contribution >= 0.6 is 0 Å². The molecule has 162 valence electrons. The monoisotopic (exact) mass is 433 g/mol. The third kappa shape index (κ3) is 7.84. The van der Waals surface area contributed by atoms with Crippen LogP contribution in [0.15, 0.2) is 54.6 Å². The van der Waals surface area contributed by atoms with Gasteiger partial charge in [-0.05, 0) is 42.5 Å². The van der Waals surface area contributed by atoms with Crippen molar-refractivity contribution in [2.45, 2.75) is 32.2 Å². The maximum atomic E-state index is 12.0. The van der Waals surface area contributed by atoms with E-state index in [0.717, 1.165) is 36.2 Å². The number of nitrogens with one attached hydrogen (secondary N) is 1. The molecule has 2 aromatic rings. The molecule has 0 atom stereocenters. The maximum absolute atomic E-state index is 12.0. The van der Waals surface area contributed by atoms with Crippen LogP contribution in [0.4, 0.5) is 5.69 Å². The zero-order valence-electron chi connectivity index (χ0n) is 16.9. The third-order valence-electron chi connectivity index (χ3n) is 4.48. The van der Waals surface area contributed by atoms with Gasteiger partial charge in [0, 0.05) is 13.0 Å². The Morgan fingerprint density at radius 2 is 1.67 bits per heavy atom. The van der Waals surface area contributed by atoms with Gasteiger partial charge < -0.3 is 10.1 Å². The predicted octanol–water partition coefficient (Wildman–Crippen LogP) is 1.90. The molecule has 30 heavy (non-hydrogen) atoms. The summed E-state index contributed by atoms with van der Waals surface area (Å²) in [4.78, 5) is 23.5. The number of amides is 1. The van der Waals surface area contributed by atoms with E-state index in [2.05, 4.69) is 22.2 Å². The van der Waals surface area contributed by atoms with Gasteiger partial charge in [0.25, 0.3) is 10.2 Å². The summed E-state index contributed by atoms with van der Waals surface area (Å²) < 4.78 is 28.7. The maximum Gasteiger partial charge on any atom is 0.326 e. The molecule has 0 aliphatic rings. The summed E-state index contributed by atoms with van der Waals surface area (Å²) in [5, 5.41) is 8.03. The molecule has 3 N–H and O–H groups in total. The number of methoxy groups -OCH3 is 1. The first kappa shape index (κ1) is 23.4. The average Bonchev–Trinajstić information content (AvgIpc) is 2.74. The SMILES string of the molecule is COC(=O)CN(c1ccc(CNC(=O)CCCCc2ccccc2)cc1)S(N)(=O)=O. The molecule has 0 unspecified atom stereocenters. The average molecular weight is 434 g/mol. The van der Waals surface area contributed by atoms with Crippen LogP contribution in [0.3, 0.4) is 0 Å². The van der Waals surface area contributed by atoms with E-state index >= 15 is 0 Å². The fraction of sp³-hybridized carbons (Fsp3) is 0.333. The van der Waals surface area contributed by atoms with Crippen LogP contribution in [-0.2, 0) is 37.5 Å². The molecule has 0 fully saturated rings. The molecule has 0 saturated heterocycles. The molecule has 0 aliphatic carbocycles. The predicted molar refractivity (Wildman–Crippen MR) is 115 cm³/mol. The van der Waals surface area contributed by atoms with Crippen molar-refractivity contribution >= 4 is 27.8 Å². The lowest BCUT2D eigenvalue weighted by molar-refractivity contribution is -0.138. The van der Waals surface area contributed by atoms with Gasteiger partial charge in [0.15, 0.2) is 0 Å². The summed E-state index contributed by atoms with van der Waals surface area (Å²) in [6.45, 7) is -0.196. The number of anilines is 1. The minimum absolute atomic E-state index is 0.0380. The van der Waals surface area contributed by atoms with Gasteiger partial charge in [-0.3, -0.25) is 9.59 Å². The van der Waals surface area contributed by atoms with Gasteiger partial charge in [-0.15, -0.1) is 0 Å². The second-order valence-electron chi connectivity index (χ2n) is 6.76. The molecular formula is C21H27N3O5S. The van der Waals surface area contributed by atoms with Crippen LogP contribution in [0.1, 0.15) is 30.4 Å². The van der Waals surface area contributed by atoms with E-state index in [-0.39, 0.29) is 11.6 Å². The Morgan fingerprint density at radius 1 is 1.00 bits per heavy atom. The largest absolute Gasteiger partial charge is 0.468 e. The van der Waals surface area contributed by atoms with Crippen LogP contribution in [0.2, 0.25) is 0 Å². The highest BCUT2D eigenvalue weighted by Crippen LogP contribution is 2.17. The number of hydrogen-bond acceptors (Lipinski definition) is 5. The molecule has 2 rings (SSSR count). The number of ether oxygens (including phenoxy) is 1. The zero-order chi connectivity index (χ0) is 22.0. The van der Waals surface area contributed by atoms with Crippen molar-refractivity contribution in [3.8, 4) is 0 Å². The molecule has 0 aromatic heterocycles. The molecule has 0 heterocycles. The lowest BCUT2D eigenvalue weighted by atomic mass is 10.1. The number of benzene rings is 2. The summed E-state index contributed by atoms with van der Waals surface area (Å²) in [5.41, 5.74) is 2.29. The van der Waals surface area contributed by atoms with Crippen molar-refractivity contribution in [3.63, 3.8) is 0 Å². The molecule has 2 aromatic carbocycles. The van der Waals surface area contributed by atoms with Gasteiger partial charge in [0.2, 0.25) is 5.91 Å². The second-order valence-corrected chi connectivity index (χ2v) is 8.23. The van der Waals surface area contributed by atoms with Crippen molar-refractivity contribution in [1.29, 1.82) is 0 Å². The molecule has 9 heteroatoms. The molecule has 8 nitrogen and oxygen atoms in total. The van der Waals surface area contributed by atoms with E-state index in [4.69, 9.17) is 5.14 Å². The summed E-state index contributed by atoms with van der Waals surface area (Å²) >= 11 is 0. The quantitative estimate of drug-likeness (QED) is 0.414. The third-order valence-corrected chi connectivity index (χ3v) is 5.44. The number of unbranched alkanes of at least 4 members (excludes halogenated alkanes) is 1. The van der Waals surface area contributed by atoms with Crippen molar-refractivity contribution < 1.29 is 22.7 Å². The Labute approximate surface area is 177 Å². The van der Waals surface area contributed by atoms with E-state index in [0.29, 0.717) is 13.0 Å². The zero-order valence-corrected chi connectivity index (χ0v) is 17.7.